The number of aryl methyl sites for hydroxylation is 2. The number of nitrogens with zero attached hydrogens (tertiary/aromatic N) is 4. The highest BCUT2D eigenvalue weighted by Crippen LogP contribution is 2.18. The lowest BCUT2D eigenvalue weighted by Gasteiger charge is -2.08. The lowest BCUT2D eigenvalue weighted by Crippen LogP contribution is -2.27. The maximum absolute atomic E-state index is 12.3. The molecular formula is C14H19N5O3. The van der Waals surface area contributed by atoms with E-state index < -0.39 is 0 Å². The van der Waals surface area contributed by atoms with Crippen molar-refractivity contribution in [3.05, 3.63) is 39.6 Å². The van der Waals surface area contributed by atoms with Crippen molar-refractivity contribution >= 4 is 11.6 Å². The average Bonchev–Trinajstić information content (AvgIpc) is 2.72. The van der Waals surface area contributed by atoms with Gasteiger partial charge in [-0.3, -0.25) is 14.3 Å². The molecule has 8 nitrogen and oxygen atoms in total. The van der Waals surface area contributed by atoms with Crippen LogP contribution in [0.3, 0.4) is 0 Å². The lowest BCUT2D eigenvalue weighted by molar-refractivity contribution is 0.101. The Hall–Kier alpha value is -2.48. The smallest absolute Gasteiger partial charge is 0.276 e. The molecule has 0 saturated carbocycles. The molecule has 0 spiro atoms. The van der Waals surface area contributed by atoms with Gasteiger partial charge in [0.2, 0.25) is 0 Å². The Kier molecular flexibility index (Phi) is 4.71. The van der Waals surface area contributed by atoms with Crippen LogP contribution in [0.1, 0.15) is 21.9 Å². The fraction of sp³-hybridized carbons (Fsp3) is 0.429. The molecule has 1 amide bonds. The SMILES string of the molecule is COCCn1nc(C(=O)Nc2c(C)nn(C)c2C)ccc1=O. The Bertz CT molecular complexity index is 747. The van der Waals surface area contributed by atoms with Crippen LogP contribution in [-0.2, 0) is 18.3 Å². The van der Waals surface area contributed by atoms with Crippen LogP contribution in [0.2, 0.25) is 0 Å². The van der Waals surface area contributed by atoms with Crippen LogP contribution in [0.15, 0.2) is 16.9 Å². The highest BCUT2D eigenvalue weighted by Gasteiger charge is 2.15. The van der Waals surface area contributed by atoms with Crippen molar-refractivity contribution in [1.29, 1.82) is 0 Å². The van der Waals surface area contributed by atoms with Gasteiger partial charge in [0.25, 0.3) is 11.5 Å². The first-order chi connectivity index (χ1) is 10.4. The number of hydrogen-bond acceptors (Lipinski definition) is 5. The molecule has 0 aliphatic rings. The molecule has 0 fully saturated rings. The number of aromatic nitrogens is 4. The van der Waals surface area contributed by atoms with Crippen LogP contribution < -0.4 is 10.9 Å². The van der Waals surface area contributed by atoms with Crippen molar-refractivity contribution in [2.45, 2.75) is 20.4 Å². The molecule has 0 aromatic carbocycles. The van der Waals surface area contributed by atoms with Crippen molar-refractivity contribution in [2.24, 2.45) is 7.05 Å². The van der Waals surface area contributed by atoms with Crippen LogP contribution in [0.25, 0.3) is 0 Å². The minimum Gasteiger partial charge on any atom is -0.383 e. The molecule has 0 atom stereocenters. The first-order valence-electron chi connectivity index (χ1n) is 6.82. The average molecular weight is 305 g/mol. The molecule has 0 unspecified atom stereocenters. The van der Waals surface area contributed by atoms with E-state index in [2.05, 4.69) is 15.5 Å². The van der Waals surface area contributed by atoms with Crippen molar-refractivity contribution in [3.63, 3.8) is 0 Å². The molecule has 0 aliphatic heterocycles. The Labute approximate surface area is 127 Å². The summed E-state index contributed by atoms with van der Waals surface area (Å²) in [5.41, 5.74) is 2.12. The molecule has 118 valence electrons. The predicted molar refractivity (Wildman–Crippen MR) is 81.0 cm³/mol. The highest BCUT2D eigenvalue weighted by molar-refractivity contribution is 6.03. The molecule has 2 rings (SSSR count). The maximum Gasteiger partial charge on any atom is 0.276 e. The third kappa shape index (κ3) is 3.22. The van der Waals surface area contributed by atoms with E-state index in [1.54, 1.807) is 11.7 Å². The third-order valence-electron chi connectivity index (χ3n) is 3.35. The summed E-state index contributed by atoms with van der Waals surface area (Å²) in [7, 11) is 3.34. The van der Waals surface area contributed by atoms with Gasteiger partial charge in [-0.05, 0) is 19.9 Å². The number of hydrogen-bond donors (Lipinski definition) is 1. The quantitative estimate of drug-likeness (QED) is 0.868. The maximum atomic E-state index is 12.3. The molecule has 0 saturated heterocycles. The van der Waals surface area contributed by atoms with Crippen molar-refractivity contribution in [2.75, 3.05) is 19.0 Å². The molecule has 2 aromatic heterocycles. The van der Waals surface area contributed by atoms with E-state index in [0.29, 0.717) is 18.8 Å². The van der Waals surface area contributed by atoms with E-state index >= 15 is 0 Å². The largest absolute Gasteiger partial charge is 0.383 e. The summed E-state index contributed by atoms with van der Waals surface area (Å²) in [6.45, 7) is 4.32. The van der Waals surface area contributed by atoms with E-state index in [4.69, 9.17) is 4.74 Å². The van der Waals surface area contributed by atoms with Crippen LogP contribution in [0.5, 0.6) is 0 Å². The van der Waals surface area contributed by atoms with Gasteiger partial charge in [-0.15, -0.1) is 0 Å². The van der Waals surface area contributed by atoms with E-state index in [9.17, 15) is 9.59 Å². The number of carbonyl (C=O) groups excluding carboxylic acids is 1. The monoisotopic (exact) mass is 305 g/mol. The van der Waals surface area contributed by atoms with Crippen LogP contribution in [0, 0.1) is 13.8 Å². The number of amides is 1. The highest BCUT2D eigenvalue weighted by atomic mass is 16.5. The van der Waals surface area contributed by atoms with Crippen molar-refractivity contribution < 1.29 is 9.53 Å². The third-order valence-corrected chi connectivity index (χ3v) is 3.35. The molecule has 8 heteroatoms. The second-order valence-electron chi connectivity index (χ2n) is 4.90. The molecule has 0 radical (unpaired) electrons. The van der Waals surface area contributed by atoms with Crippen molar-refractivity contribution in [3.8, 4) is 0 Å². The fourth-order valence-corrected chi connectivity index (χ4v) is 2.04. The minimum absolute atomic E-state index is 0.165. The van der Waals surface area contributed by atoms with E-state index in [1.165, 1.54) is 23.9 Å². The zero-order valence-electron chi connectivity index (χ0n) is 13.1. The van der Waals surface area contributed by atoms with E-state index in [1.807, 2.05) is 13.8 Å². The molecular weight excluding hydrogens is 286 g/mol. The van der Waals surface area contributed by atoms with Crippen LogP contribution in [0.4, 0.5) is 5.69 Å². The van der Waals surface area contributed by atoms with Gasteiger partial charge >= 0.3 is 0 Å². The first-order valence-corrected chi connectivity index (χ1v) is 6.82. The fourth-order valence-electron chi connectivity index (χ4n) is 2.04. The number of methoxy groups -OCH3 is 1. The second-order valence-corrected chi connectivity index (χ2v) is 4.90. The number of ether oxygens (including phenoxy) is 1. The number of rotatable bonds is 5. The van der Waals surface area contributed by atoms with Gasteiger partial charge < -0.3 is 10.1 Å². The normalized spacial score (nSPS) is 10.7. The molecule has 1 N–H and O–H groups in total. The van der Waals surface area contributed by atoms with Gasteiger partial charge in [0, 0.05) is 20.2 Å². The first kappa shape index (κ1) is 15.9. The van der Waals surface area contributed by atoms with Crippen LogP contribution in [-0.4, -0.2) is 39.2 Å². The number of carbonyl (C=O) groups is 1. The molecule has 0 aliphatic carbocycles. The van der Waals surface area contributed by atoms with Gasteiger partial charge in [0.1, 0.15) is 5.69 Å². The number of anilines is 1. The summed E-state index contributed by atoms with van der Waals surface area (Å²) in [5.74, 6) is -0.384. The zero-order valence-corrected chi connectivity index (χ0v) is 13.1. The zero-order chi connectivity index (χ0) is 16.3. The summed E-state index contributed by atoms with van der Waals surface area (Å²) >= 11 is 0. The standard InChI is InChI=1S/C14H19N5O3/c1-9-13(10(2)18(3)16-9)15-14(21)11-5-6-12(20)19(17-11)7-8-22-4/h5-6H,7-8H2,1-4H3,(H,15,21). The van der Waals surface area contributed by atoms with Gasteiger partial charge in [0.05, 0.1) is 30.2 Å². The van der Waals surface area contributed by atoms with Gasteiger partial charge in [-0.2, -0.15) is 10.2 Å². The van der Waals surface area contributed by atoms with Crippen LogP contribution >= 0.6 is 0 Å². The van der Waals surface area contributed by atoms with Crippen molar-refractivity contribution in [1.82, 2.24) is 19.6 Å². The Morgan fingerprint density at radius 1 is 1.32 bits per heavy atom. The number of nitrogens with one attached hydrogen (secondary N) is 1. The molecule has 0 bridgehead atoms. The Morgan fingerprint density at radius 3 is 2.64 bits per heavy atom. The second kappa shape index (κ2) is 6.52. The Morgan fingerprint density at radius 2 is 2.05 bits per heavy atom. The molecule has 2 aromatic rings. The Balaban J connectivity index is 2.24. The van der Waals surface area contributed by atoms with E-state index in [0.717, 1.165) is 11.4 Å². The lowest BCUT2D eigenvalue weighted by atomic mass is 10.3. The summed E-state index contributed by atoms with van der Waals surface area (Å²) in [6, 6.07) is 2.72. The molecule has 22 heavy (non-hydrogen) atoms. The van der Waals surface area contributed by atoms with Gasteiger partial charge in [-0.25, -0.2) is 4.68 Å². The van der Waals surface area contributed by atoms with Gasteiger partial charge in [-0.1, -0.05) is 0 Å². The summed E-state index contributed by atoms with van der Waals surface area (Å²) in [6.07, 6.45) is 0. The minimum atomic E-state index is -0.384. The summed E-state index contributed by atoms with van der Waals surface area (Å²) < 4.78 is 7.82. The molecule has 2 heterocycles. The summed E-state index contributed by atoms with van der Waals surface area (Å²) in [4.78, 5) is 24.0. The topological polar surface area (TPSA) is 91.0 Å². The van der Waals surface area contributed by atoms with E-state index in [-0.39, 0.29) is 17.2 Å². The summed E-state index contributed by atoms with van der Waals surface area (Å²) in [5, 5.41) is 11.1. The van der Waals surface area contributed by atoms with Gasteiger partial charge in [0.15, 0.2) is 0 Å². The predicted octanol–water partition coefficient (Wildman–Crippen LogP) is 0.492.